The van der Waals surface area contributed by atoms with Gasteiger partial charge in [-0.25, -0.2) is 0 Å². The molecule has 1 amide bonds. The predicted octanol–water partition coefficient (Wildman–Crippen LogP) is 4.40. The molecule has 2 heterocycles. The lowest BCUT2D eigenvalue weighted by atomic mass is 9.93. The molecule has 0 radical (unpaired) electrons. The second-order valence-corrected chi connectivity index (χ2v) is 6.96. The molecule has 0 atom stereocenters. The smallest absolute Gasteiger partial charge is 0.250 e. The average molecular weight is 517 g/mol. The lowest BCUT2D eigenvalue weighted by Gasteiger charge is -2.23. The summed E-state index contributed by atoms with van der Waals surface area (Å²) in [5.41, 5.74) is 8.54. The van der Waals surface area contributed by atoms with Gasteiger partial charge in [-0.2, -0.15) is 0 Å². The van der Waals surface area contributed by atoms with Crippen molar-refractivity contribution in [2.75, 3.05) is 13.1 Å². The van der Waals surface area contributed by atoms with E-state index in [9.17, 15) is 4.79 Å². The van der Waals surface area contributed by atoms with Crippen LogP contribution in [0.4, 0.5) is 0 Å². The van der Waals surface area contributed by atoms with Gasteiger partial charge in [0.05, 0.1) is 11.3 Å². The van der Waals surface area contributed by atoms with Crippen LogP contribution in [0.2, 0.25) is 1.41 Å². The summed E-state index contributed by atoms with van der Waals surface area (Å²) >= 11 is 1.70. The van der Waals surface area contributed by atoms with E-state index in [1.807, 2.05) is 64.6 Å². The summed E-state index contributed by atoms with van der Waals surface area (Å²) < 4.78 is 13.8. The number of para-hydroxylation sites is 1. The molecule has 2 aromatic carbocycles. The van der Waals surface area contributed by atoms with Crippen molar-refractivity contribution in [3.05, 3.63) is 78.0 Å². The summed E-state index contributed by atoms with van der Waals surface area (Å²) in [6, 6.07) is 21.0. The van der Waals surface area contributed by atoms with Gasteiger partial charge in [0.1, 0.15) is 12.9 Å². The summed E-state index contributed by atoms with van der Waals surface area (Å²) in [5, 5.41) is 3.37. The zero-order chi connectivity index (χ0) is 22.1. The minimum Gasteiger partial charge on any atom is -0.457 e. The fraction of sp³-hybridized carbons (Fsp3) is 0.217. The highest BCUT2D eigenvalue weighted by Crippen LogP contribution is 2.30. The fourth-order valence-electron chi connectivity index (χ4n) is 3.54. The second-order valence-electron chi connectivity index (χ2n) is 6.96. The van der Waals surface area contributed by atoms with E-state index in [4.69, 9.17) is 16.9 Å². The largest absolute Gasteiger partial charge is 0.457 e. The number of hydrogen-bond acceptors (Lipinski definition) is 5. The zero-order valence-electron chi connectivity index (χ0n) is 17.5. The Morgan fingerprint density at radius 1 is 1.03 bits per heavy atom. The number of rotatable bonds is 5. The molecule has 0 unspecified atom stereocenters. The molecule has 30 heavy (non-hydrogen) atoms. The number of piperidine rings is 1. The van der Waals surface area contributed by atoms with E-state index in [0.29, 0.717) is 17.2 Å². The predicted molar refractivity (Wildman–Crippen MR) is 128 cm³/mol. The Morgan fingerprint density at radius 3 is 2.30 bits per heavy atom. The van der Waals surface area contributed by atoms with Gasteiger partial charge in [0, 0.05) is 40.0 Å². The van der Waals surface area contributed by atoms with E-state index in [0.717, 1.165) is 48.7 Å². The number of nitrogens with two attached hydrogens (primary N) is 2. The van der Waals surface area contributed by atoms with Gasteiger partial charge in [-0.3, -0.25) is 13.7 Å². The Hall–Kier alpha value is -2.49. The van der Waals surface area contributed by atoms with Gasteiger partial charge in [-0.15, -0.1) is 0 Å². The maximum absolute atomic E-state index is 11.9. The second kappa shape index (κ2) is 11.1. The van der Waals surface area contributed by atoms with Crippen molar-refractivity contribution < 1.29 is 10.9 Å². The topological polar surface area (TPSA) is 103 Å². The van der Waals surface area contributed by atoms with Crippen LogP contribution in [0.25, 0.3) is 11.3 Å². The Kier molecular flexibility index (Phi) is 7.65. The third-order valence-electron chi connectivity index (χ3n) is 5.05. The van der Waals surface area contributed by atoms with E-state index in [1.165, 1.54) is 0 Å². The highest BCUT2D eigenvalue weighted by molar-refractivity contribution is 14.1. The molecule has 0 saturated carbocycles. The van der Waals surface area contributed by atoms with Crippen LogP contribution in [0, 0.1) is 0 Å². The molecule has 1 aliphatic heterocycles. The van der Waals surface area contributed by atoms with Crippen LogP contribution in [0.3, 0.4) is 0 Å². The van der Waals surface area contributed by atoms with Crippen molar-refractivity contribution in [1.82, 2.24) is 10.3 Å². The van der Waals surface area contributed by atoms with Crippen molar-refractivity contribution in [3.63, 3.8) is 0 Å². The minimum atomic E-state index is -0.469. The first kappa shape index (κ1) is 20.8. The number of pyridine rings is 1. The molecule has 1 saturated heterocycles. The third kappa shape index (κ3) is 5.56. The Bertz CT molecular complexity index is 981. The minimum absolute atomic E-state index is 0.405. The molecule has 7 heteroatoms. The maximum atomic E-state index is 11.9. The number of ether oxygens (including phenoxy) is 1. The maximum Gasteiger partial charge on any atom is 0.250 e. The first-order valence-corrected chi connectivity index (χ1v) is 10.8. The number of hydrogen-bond donors (Lipinski definition) is 3. The molecule has 0 aliphatic carbocycles. The monoisotopic (exact) mass is 517 g/mol. The van der Waals surface area contributed by atoms with Crippen molar-refractivity contribution in [3.8, 4) is 22.8 Å². The highest BCUT2D eigenvalue weighted by atomic mass is 127. The molecule has 4 rings (SSSR count). The van der Waals surface area contributed by atoms with E-state index in [2.05, 4.69) is 5.32 Å². The SMILES string of the molecule is NC(=O)c1ccc(C2CCNCC2)nc1-c1ccc(Oc2ccccc2)cc1.[2H]NI. The lowest BCUT2D eigenvalue weighted by Crippen LogP contribution is -2.27. The van der Waals surface area contributed by atoms with E-state index in [-0.39, 0.29) is 0 Å². The first-order chi connectivity index (χ1) is 15.1. The van der Waals surface area contributed by atoms with E-state index in [1.54, 1.807) is 28.9 Å². The van der Waals surface area contributed by atoms with Crippen molar-refractivity contribution in [2.24, 2.45) is 9.67 Å². The number of amides is 1. The molecule has 1 aromatic heterocycles. The molecule has 156 valence electrons. The number of carbonyl (C=O) groups is 1. The molecule has 3 aromatic rings. The molecular weight excluding hydrogens is 491 g/mol. The molecule has 1 aliphatic rings. The molecule has 0 spiro atoms. The third-order valence-corrected chi connectivity index (χ3v) is 5.05. The first-order valence-electron chi connectivity index (χ1n) is 10.2. The van der Waals surface area contributed by atoms with Gasteiger partial charge in [-0.05, 0) is 74.5 Å². The number of halogens is 1. The van der Waals surface area contributed by atoms with Gasteiger partial charge in [0.2, 0.25) is 0 Å². The van der Waals surface area contributed by atoms with Gasteiger partial charge < -0.3 is 15.8 Å². The summed E-state index contributed by atoms with van der Waals surface area (Å²) in [5.74, 6) is 1.44. The van der Waals surface area contributed by atoms with Crippen molar-refractivity contribution in [2.45, 2.75) is 18.8 Å². The number of primary amides is 1. The summed E-state index contributed by atoms with van der Waals surface area (Å²) in [7, 11) is 0. The average Bonchev–Trinajstić information content (AvgIpc) is 2.81. The Balaban J connectivity index is 0.000000858. The molecule has 6 nitrogen and oxygen atoms in total. The molecule has 1 fully saturated rings. The number of benzene rings is 2. The number of nitrogens with one attached hydrogen (secondary N) is 1. The normalized spacial score (nSPS) is 14.2. The van der Waals surface area contributed by atoms with Crippen LogP contribution >= 0.6 is 22.9 Å². The van der Waals surface area contributed by atoms with Gasteiger partial charge in [0.15, 0.2) is 0 Å². The lowest BCUT2D eigenvalue weighted by molar-refractivity contribution is 0.100. The van der Waals surface area contributed by atoms with Crippen molar-refractivity contribution in [1.29, 1.82) is 0 Å². The van der Waals surface area contributed by atoms with Gasteiger partial charge in [-0.1, -0.05) is 18.2 Å². The number of nitrogens with zero attached hydrogens (tertiary/aromatic N) is 1. The Morgan fingerprint density at radius 2 is 1.67 bits per heavy atom. The van der Waals surface area contributed by atoms with Crippen LogP contribution in [0.1, 0.15) is 34.8 Å². The van der Waals surface area contributed by atoms with Crippen LogP contribution in [-0.4, -0.2) is 24.0 Å². The van der Waals surface area contributed by atoms with E-state index < -0.39 is 5.91 Å². The van der Waals surface area contributed by atoms with Gasteiger partial charge in [0.25, 0.3) is 5.91 Å². The van der Waals surface area contributed by atoms with Crippen molar-refractivity contribution >= 4 is 28.8 Å². The van der Waals surface area contributed by atoms with Crippen LogP contribution in [0.5, 0.6) is 11.5 Å². The quantitative estimate of drug-likeness (QED) is 0.344. The van der Waals surface area contributed by atoms with Crippen LogP contribution < -0.4 is 19.7 Å². The van der Waals surface area contributed by atoms with E-state index >= 15 is 0 Å². The molecular formula is C23H25IN4O2. The zero-order valence-corrected chi connectivity index (χ0v) is 18.6. The van der Waals surface area contributed by atoms with Crippen LogP contribution in [-0.2, 0) is 0 Å². The Labute approximate surface area is 192 Å². The highest BCUT2D eigenvalue weighted by Gasteiger charge is 2.20. The summed E-state index contributed by atoms with van der Waals surface area (Å²) in [6.07, 6.45) is 2.10. The standard InChI is InChI=1S/C23H23N3O2.H2IN/c24-23(27)20-10-11-21(16-12-14-25-15-13-16)26-22(20)17-6-8-19(9-7-17)28-18-4-2-1-3-5-18;1-2/h1-11,16,25H,12-15H2,(H2,24,27);2H2/i/hD. The fourth-order valence-corrected chi connectivity index (χ4v) is 3.54. The number of aromatic nitrogens is 1. The summed E-state index contributed by atoms with van der Waals surface area (Å²) in [4.78, 5) is 16.8. The molecule has 0 bridgehead atoms. The number of carbonyl (C=O) groups excluding carboxylic acids is 1. The van der Waals surface area contributed by atoms with Crippen LogP contribution in [0.15, 0.2) is 66.7 Å². The molecule has 5 N–H and O–H groups in total. The van der Waals surface area contributed by atoms with Gasteiger partial charge >= 0.3 is 0 Å². The summed E-state index contributed by atoms with van der Waals surface area (Å²) in [6.45, 7) is 1.98.